The topological polar surface area (TPSA) is 61.5 Å². The van der Waals surface area contributed by atoms with E-state index in [1.165, 1.54) is 7.11 Å². The maximum atomic E-state index is 11.6. The largest absolute Gasteiger partial charge is 0.492 e. The molecule has 118 valence electrons. The first-order chi connectivity index (χ1) is 9.80. The van der Waals surface area contributed by atoms with E-state index in [1.54, 1.807) is 13.8 Å². The van der Waals surface area contributed by atoms with Crippen molar-refractivity contribution in [3.8, 4) is 5.75 Å². The summed E-state index contributed by atoms with van der Waals surface area (Å²) in [5.41, 5.74) is 6.43. The van der Waals surface area contributed by atoms with Crippen LogP contribution >= 0.6 is 15.9 Å². The number of hydrogen-bond acceptors (Lipinski definition) is 4. The Hall–Kier alpha value is -1.07. The van der Waals surface area contributed by atoms with E-state index in [-0.39, 0.29) is 18.6 Å². The first kappa shape index (κ1) is 18.0. The number of hydrogen-bond donors (Lipinski definition) is 1. The molecule has 0 spiro atoms. The van der Waals surface area contributed by atoms with Crippen molar-refractivity contribution in [2.75, 3.05) is 13.7 Å². The predicted molar refractivity (Wildman–Crippen MR) is 87.4 cm³/mol. The van der Waals surface area contributed by atoms with E-state index in [4.69, 9.17) is 15.2 Å². The van der Waals surface area contributed by atoms with Gasteiger partial charge in [0.15, 0.2) is 0 Å². The second-order valence-electron chi connectivity index (χ2n) is 5.79. The Morgan fingerprint density at radius 1 is 1.43 bits per heavy atom. The third-order valence-corrected chi connectivity index (χ3v) is 4.13. The van der Waals surface area contributed by atoms with Gasteiger partial charge >= 0.3 is 5.97 Å². The third-order valence-electron chi connectivity index (χ3n) is 3.36. The lowest BCUT2D eigenvalue weighted by atomic mass is 9.95. The predicted octanol–water partition coefficient (Wildman–Crippen LogP) is 3.31. The Bertz CT molecular complexity index is 488. The average Bonchev–Trinajstić information content (AvgIpc) is 2.46. The number of carbonyl (C=O) groups excluding carboxylic acids is 1. The van der Waals surface area contributed by atoms with Gasteiger partial charge in [-0.05, 0) is 50.5 Å². The lowest BCUT2D eigenvalue weighted by Crippen LogP contribution is -2.32. The van der Waals surface area contributed by atoms with Crippen LogP contribution < -0.4 is 10.5 Å². The summed E-state index contributed by atoms with van der Waals surface area (Å²) < 4.78 is 11.5. The van der Waals surface area contributed by atoms with Gasteiger partial charge in [-0.2, -0.15) is 0 Å². The third kappa shape index (κ3) is 5.32. The van der Waals surface area contributed by atoms with E-state index in [9.17, 15) is 4.79 Å². The minimum atomic E-state index is -0.679. The van der Waals surface area contributed by atoms with Gasteiger partial charge in [-0.1, -0.05) is 22.9 Å². The zero-order valence-electron chi connectivity index (χ0n) is 13.1. The van der Waals surface area contributed by atoms with Crippen molar-refractivity contribution in [1.29, 1.82) is 0 Å². The van der Waals surface area contributed by atoms with Crippen molar-refractivity contribution >= 4 is 21.9 Å². The van der Waals surface area contributed by atoms with Crippen molar-refractivity contribution in [2.24, 2.45) is 11.1 Å². The molecule has 21 heavy (non-hydrogen) atoms. The van der Waals surface area contributed by atoms with Crippen molar-refractivity contribution in [1.82, 2.24) is 0 Å². The molecule has 1 unspecified atom stereocenters. The highest BCUT2D eigenvalue weighted by Gasteiger charge is 2.29. The molecular formula is C16H24BrNO3. The summed E-state index contributed by atoms with van der Waals surface area (Å²) in [6, 6.07) is 5.91. The lowest BCUT2D eigenvalue weighted by molar-refractivity contribution is -0.152. The van der Waals surface area contributed by atoms with Gasteiger partial charge in [0, 0.05) is 10.5 Å². The molecule has 0 saturated carbocycles. The van der Waals surface area contributed by atoms with Crippen molar-refractivity contribution in [2.45, 2.75) is 39.7 Å². The Morgan fingerprint density at radius 2 is 2.10 bits per heavy atom. The molecule has 0 aliphatic heterocycles. The van der Waals surface area contributed by atoms with Crippen LogP contribution in [0.4, 0.5) is 0 Å². The highest BCUT2D eigenvalue weighted by atomic mass is 79.9. The van der Waals surface area contributed by atoms with E-state index in [0.29, 0.717) is 0 Å². The fourth-order valence-electron chi connectivity index (χ4n) is 1.82. The fourth-order valence-corrected chi connectivity index (χ4v) is 2.23. The van der Waals surface area contributed by atoms with E-state index in [0.717, 1.165) is 28.6 Å². The molecular weight excluding hydrogens is 334 g/mol. The molecule has 0 bridgehead atoms. The van der Waals surface area contributed by atoms with Crippen LogP contribution in [0.1, 0.15) is 32.8 Å². The number of methoxy groups -OCH3 is 1. The zero-order valence-corrected chi connectivity index (χ0v) is 14.7. The van der Waals surface area contributed by atoms with Crippen LogP contribution in [0.5, 0.6) is 5.75 Å². The second kappa shape index (κ2) is 7.80. The molecule has 1 rings (SSSR count). The van der Waals surface area contributed by atoms with Crippen LogP contribution in [0.25, 0.3) is 0 Å². The highest BCUT2D eigenvalue weighted by Crippen LogP contribution is 2.26. The van der Waals surface area contributed by atoms with Crippen LogP contribution in [-0.4, -0.2) is 25.7 Å². The van der Waals surface area contributed by atoms with Crippen LogP contribution in [0.2, 0.25) is 0 Å². The van der Waals surface area contributed by atoms with Gasteiger partial charge in [0.05, 0.1) is 12.5 Å². The van der Waals surface area contributed by atoms with Gasteiger partial charge < -0.3 is 15.2 Å². The Kier molecular flexibility index (Phi) is 6.68. The summed E-state index contributed by atoms with van der Waals surface area (Å²) in [6.07, 6.45) is 1.71. The Morgan fingerprint density at radius 3 is 2.67 bits per heavy atom. The molecule has 0 aliphatic carbocycles. The maximum absolute atomic E-state index is 11.6. The van der Waals surface area contributed by atoms with Gasteiger partial charge in [-0.3, -0.25) is 4.79 Å². The number of ether oxygens (including phenoxy) is 2. The van der Waals surface area contributed by atoms with Crippen molar-refractivity contribution in [3.05, 3.63) is 28.2 Å². The Labute approximate surface area is 135 Å². The van der Waals surface area contributed by atoms with E-state index >= 15 is 0 Å². The van der Waals surface area contributed by atoms with E-state index < -0.39 is 5.41 Å². The standard InChI is InChI=1S/C16H24BrNO3/c1-5-12(18)8-11-9-13(6-7-14(11)17)21-10-16(2,3)15(19)20-4/h6-7,9,12H,5,8,10,18H2,1-4H3. The molecule has 2 N–H and O–H groups in total. The monoisotopic (exact) mass is 357 g/mol. The van der Waals surface area contributed by atoms with Gasteiger partial charge in [-0.25, -0.2) is 0 Å². The molecule has 5 heteroatoms. The smallest absolute Gasteiger partial charge is 0.314 e. The van der Waals surface area contributed by atoms with Crippen molar-refractivity contribution in [3.63, 3.8) is 0 Å². The van der Waals surface area contributed by atoms with Gasteiger partial charge in [0.2, 0.25) is 0 Å². The quantitative estimate of drug-likeness (QED) is 0.760. The molecule has 0 saturated heterocycles. The molecule has 0 amide bonds. The summed E-state index contributed by atoms with van der Waals surface area (Å²) in [4.78, 5) is 11.6. The number of halogens is 1. The van der Waals surface area contributed by atoms with Gasteiger partial charge in [-0.15, -0.1) is 0 Å². The molecule has 0 radical (unpaired) electrons. The summed E-state index contributed by atoms with van der Waals surface area (Å²) in [7, 11) is 1.38. The second-order valence-corrected chi connectivity index (χ2v) is 6.64. The first-order valence-corrected chi connectivity index (χ1v) is 7.84. The molecule has 0 aliphatic rings. The van der Waals surface area contributed by atoms with Crippen LogP contribution in [-0.2, 0) is 16.0 Å². The zero-order chi connectivity index (χ0) is 16.0. The van der Waals surface area contributed by atoms with Crippen molar-refractivity contribution < 1.29 is 14.3 Å². The lowest BCUT2D eigenvalue weighted by Gasteiger charge is -2.22. The molecule has 1 aromatic rings. The summed E-state index contributed by atoms with van der Waals surface area (Å²) in [6.45, 7) is 5.93. The summed E-state index contributed by atoms with van der Waals surface area (Å²) in [5, 5.41) is 0. The molecule has 0 fully saturated rings. The SMILES string of the molecule is CCC(N)Cc1cc(OCC(C)(C)C(=O)OC)ccc1Br. The molecule has 0 aromatic heterocycles. The number of carbonyl (C=O) groups is 1. The molecule has 0 heterocycles. The van der Waals surface area contributed by atoms with Gasteiger partial charge in [0.1, 0.15) is 12.4 Å². The van der Waals surface area contributed by atoms with Crippen LogP contribution in [0.15, 0.2) is 22.7 Å². The van der Waals surface area contributed by atoms with E-state index in [2.05, 4.69) is 22.9 Å². The van der Waals surface area contributed by atoms with Crippen LogP contribution in [0.3, 0.4) is 0 Å². The minimum Gasteiger partial charge on any atom is -0.492 e. The molecule has 4 nitrogen and oxygen atoms in total. The molecule has 1 aromatic carbocycles. The molecule has 1 atom stereocenters. The minimum absolute atomic E-state index is 0.128. The number of rotatable bonds is 7. The fraction of sp³-hybridized carbons (Fsp3) is 0.562. The Balaban J connectivity index is 2.76. The number of nitrogens with two attached hydrogens (primary N) is 1. The first-order valence-electron chi connectivity index (χ1n) is 7.05. The number of esters is 1. The van der Waals surface area contributed by atoms with Crippen LogP contribution in [0, 0.1) is 5.41 Å². The summed E-state index contributed by atoms with van der Waals surface area (Å²) >= 11 is 3.53. The number of benzene rings is 1. The average molecular weight is 358 g/mol. The van der Waals surface area contributed by atoms with E-state index in [1.807, 2.05) is 18.2 Å². The maximum Gasteiger partial charge on any atom is 0.314 e. The normalized spacial score (nSPS) is 12.9. The van der Waals surface area contributed by atoms with Gasteiger partial charge in [0.25, 0.3) is 0 Å². The highest BCUT2D eigenvalue weighted by molar-refractivity contribution is 9.10. The summed E-state index contributed by atoms with van der Waals surface area (Å²) in [5.74, 6) is 0.446.